The molecule has 3 heteroatoms. The maximum absolute atomic E-state index is 5.80. The zero-order chi connectivity index (χ0) is 12.4. The summed E-state index contributed by atoms with van der Waals surface area (Å²) in [5, 5.41) is 3.50. The molecule has 0 heterocycles. The summed E-state index contributed by atoms with van der Waals surface area (Å²) in [5.74, 6) is 0. The summed E-state index contributed by atoms with van der Waals surface area (Å²) >= 11 is 0. The van der Waals surface area contributed by atoms with Crippen LogP contribution in [0.3, 0.4) is 0 Å². The van der Waals surface area contributed by atoms with Gasteiger partial charge >= 0.3 is 0 Å². The first-order chi connectivity index (χ1) is 8.08. The standard InChI is InChI=1S/C14H23N3/c1-10-4-5-12(15)8-14(10)16-9-11(2)17(3)13-6-7-13/h4-5,8,11,13,16H,6-7,9,15H2,1-3H3. The van der Waals surface area contributed by atoms with E-state index in [1.807, 2.05) is 12.1 Å². The highest BCUT2D eigenvalue weighted by atomic mass is 15.2. The van der Waals surface area contributed by atoms with Crippen molar-refractivity contribution in [1.29, 1.82) is 0 Å². The summed E-state index contributed by atoms with van der Waals surface area (Å²) in [6.45, 7) is 5.35. The zero-order valence-electron chi connectivity index (χ0n) is 11.0. The maximum atomic E-state index is 5.80. The van der Waals surface area contributed by atoms with E-state index in [-0.39, 0.29) is 0 Å². The summed E-state index contributed by atoms with van der Waals surface area (Å²) in [4.78, 5) is 2.47. The second-order valence-electron chi connectivity index (χ2n) is 5.20. The molecule has 1 aliphatic rings. The first-order valence-corrected chi connectivity index (χ1v) is 6.40. The molecule has 1 unspecified atom stereocenters. The SMILES string of the molecule is Cc1ccc(N)cc1NCC(C)N(C)C1CC1. The minimum absolute atomic E-state index is 0.559. The zero-order valence-corrected chi connectivity index (χ0v) is 11.0. The fraction of sp³-hybridized carbons (Fsp3) is 0.571. The van der Waals surface area contributed by atoms with Gasteiger partial charge < -0.3 is 11.1 Å². The number of nitrogens with one attached hydrogen (secondary N) is 1. The maximum Gasteiger partial charge on any atom is 0.0391 e. The summed E-state index contributed by atoms with van der Waals surface area (Å²) in [5.41, 5.74) is 9.03. The lowest BCUT2D eigenvalue weighted by Gasteiger charge is -2.25. The molecule has 1 aromatic rings. The van der Waals surface area contributed by atoms with Crippen molar-refractivity contribution in [3.63, 3.8) is 0 Å². The van der Waals surface area contributed by atoms with Crippen molar-refractivity contribution in [3.05, 3.63) is 23.8 Å². The van der Waals surface area contributed by atoms with Crippen molar-refractivity contribution in [2.24, 2.45) is 0 Å². The average molecular weight is 233 g/mol. The van der Waals surface area contributed by atoms with E-state index >= 15 is 0 Å². The number of nitrogen functional groups attached to an aromatic ring is 1. The second-order valence-corrected chi connectivity index (χ2v) is 5.20. The van der Waals surface area contributed by atoms with Crippen molar-refractivity contribution in [1.82, 2.24) is 4.90 Å². The van der Waals surface area contributed by atoms with Crippen LogP contribution >= 0.6 is 0 Å². The average Bonchev–Trinajstić information content (AvgIpc) is 3.13. The number of anilines is 2. The highest BCUT2D eigenvalue weighted by Crippen LogP contribution is 2.27. The largest absolute Gasteiger partial charge is 0.399 e. The Morgan fingerprint density at radius 1 is 1.47 bits per heavy atom. The van der Waals surface area contributed by atoms with E-state index in [1.54, 1.807) is 0 Å². The van der Waals surface area contributed by atoms with Crippen LogP contribution in [-0.2, 0) is 0 Å². The topological polar surface area (TPSA) is 41.3 Å². The molecule has 3 N–H and O–H groups in total. The smallest absolute Gasteiger partial charge is 0.0391 e. The monoisotopic (exact) mass is 233 g/mol. The molecule has 0 amide bonds. The van der Waals surface area contributed by atoms with Crippen molar-refractivity contribution < 1.29 is 0 Å². The number of hydrogen-bond acceptors (Lipinski definition) is 3. The van der Waals surface area contributed by atoms with E-state index in [9.17, 15) is 0 Å². The van der Waals surface area contributed by atoms with Gasteiger partial charge in [0.25, 0.3) is 0 Å². The molecule has 1 aliphatic carbocycles. The van der Waals surface area contributed by atoms with Gasteiger partial charge in [-0.1, -0.05) is 6.07 Å². The Morgan fingerprint density at radius 3 is 2.82 bits per heavy atom. The van der Waals surface area contributed by atoms with E-state index in [4.69, 9.17) is 5.73 Å². The number of aryl methyl sites for hydroxylation is 1. The molecule has 1 atom stereocenters. The van der Waals surface area contributed by atoms with Crippen LogP contribution in [0.2, 0.25) is 0 Å². The Bertz CT molecular complexity index is 385. The van der Waals surface area contributed by atoms with Gasteiger partial charge in [0.2, 0.25) is 0 Å². The Hall–Kier alpha value is -1.22. The molecule has 0 saturated heterocycles. The Labute approximate surface area is 104 Å². The Balaban J connectivity index is 1.90. The van der Waals surface area contributed by atoms with Crippen molar-refractivity contribution in [3.8, 4) is 0 Å². The molecular weight excluding hydrogens is 210 g/mol. The summed E-state index contributed by atoms with van der Waals surface area (Å²) in [6.07, 6.45) is 2.72. The van der Waals surface area contributed by atoms with Gasteiger partial charge in [-0.2, -0.15) is 0 Å². The lowest BCUT2D eigenvalue weighted by molar-refractivity contribution is 0.257. The van der Waals surface area contributed by atoms with Crippen molar-refractivity contribution >= 4 is 11.4 Å². The lowest BCUT2D eigenvalue weighted by atomic mass is 10.1. The minimum atomic E-state index is 0.559. The lowest BCUT2D eigenvalue weighted by Crippen LogP contribution is -2.36. The fourth-order valence-corrected chi connectivity index (χ4v) is 2.07. The third kappa shape index (κ3) is 3.13. The third-order valence-corrected chi connectivity index (χ3v) is 3.67. The molecular formula is C14H23N3. The van der Waals surface area contributed by atoms with Crippen LogP contribution < -0.4 is 11.1 Å². The number of benzene rings is 1. The molecule has 0 spiro atoms. The summed E-state index contributed by atoms with van der Waals surface area (Å²) in [7, 11) is 2.22. The summed E-state index contributed by atoms with van der Waals surface area (Å²) < 4.78 is 0. The quantitative estimate of drug-likeness (QED) is 0.768. The second kappa shape index (κ2) is 4.96. The Morgan fingerprint density at radius 2 is 2.18 bits per heavy atom. The predicted molar refractivity (Wildman–Crippen MR) is 74.3 cm³/mol. The molecule has 1 fully saturated rings. The molecule has 0 aromatic heterocycles. The molecule has 3 nitrogen and oxygen atoms in total. The van der Waals surface area contributed by atoms with Crippen LogP contribution in [0.25, 0.3) is 0 Å². The molecule has 0 bridgehead atoms. The van der Waals surface area contributed by atoms with Gasteiger partial charge in [0.15, 0.2) is 0 Å². The van der Waals surface area contributed by atoms with Crippen LogP contribution in [0.1, 0.15) is 25.3 Å². The molecule has 2 rings (SSSR count). The molecule has 94 valence electrons. The van der Waals surface area contributed by atoms with Gasteiger partial charge in [0.1, 0.15) is 0 Å². The van der Waals surface area contributed by atoms with Crippen molar-refractivity contribution in [2.45, 2.75) is 38.8 Å². The molecule has 17 heavy (non-hydrogen) atoms. The van der Waals surface area contributed by atoms with Gasteiger partial charge in [0, 0.05) is 30.0 Å². The van der Waals surface area contributed by atoms with Crippen LogP contribution in [0, 0.1) is 6.92 Å². The van der Waals surface area contributed by atoms with Crippen LogP contribution in [-0.4, -0.2) is 30.6 Å². The first-order valence-electron chi connectivity index (χ1n) is 6.40. The van der Waals surface area contributed by atoms with E-state index in [0.29, 0.717) is 6.04 Å². The number of likely N-dealkylation sites (N-methyl/N-ethyl adjacent to an activating group) is 1. The third-order valence-electron chi connectivity index (χ3n) is 3.67. The predicted octanol–water partition coefficient (Wildman–Crippen LogP) is 2.47. The van der Waals surface area contributed by atoms with Crippen molar-refractivity contribution in [2.75, 3.05) is 24.6 Å². The molecule has 0 radical (unpaired) electrons. The first kappa shape index (κ1) is 12.2. The fourth-order valence-electron chi connectivity index (χ4n) is 2.07. The number of nitrogens with two attached hydrogens (primary N) is 1. The van der Waals surface area contributed by atoms with Gasteiger partial charge in [0.05, 0.1) is 0 Å². The normalized spacial score (nSPS) is 17.2. The van der Waals surface area contributed by atoms with E-state index in [0.717, 1.165) is 24.0 Å². The van der Waals surface area contributed by atoms with Gasteiger partial charge in [-0.05, 0) is 51.4 Å². The Kier molecular flexibility index (Phi) is 3.57. The molecule has 1 aromatic carbocycles. The van der Waals surface area contributed by atoms with Gasteiger partial charge in [-0.15, -0.1) is 0 Å². The highest BCUT2D eigenvalue weighted by molar-refractivity contribution is 5.59. The van der Waals surface area contributed by atoms with E-state index in [1.165, 1.54) is 18.4 Å². The van der Waals surface area contributed by atoms with Crippen LogP contribution in [0.4, 0.5) is 11.4 Å². The highest BCUT2D eigenvalue weighted by Gasteiger charge is 2.28. The van der Waals surface area contributed by atoms with Crippen LogP contribution in [0.15, 0.2) is 18.2 Å². The summed E-state index contributed by atoms with van der Waals surface area (Å²) in [6, 6.07) is 7.39. The number of hydrogen-bond donors (Lipinski definition) is 2. The molecule has 0 aliphatic heterocycles. The van der Waals surface area contributed by atoms with E-state index in [2.05, 4.69) is 37.2 Å². The minimum Gasteiger partial charge on any atom is -0.399 e. The number of rotatable bonds is 5. The van der Waals surface area contributed by atoms with Gasteiger partial charge in [-0.3, -0.25) is 4.90 Å². The number of nitrogens with zero attached hydrogens (tertiary/aromatic N) is 1. The van der Waals surface area contributed by atoms with Crippen LogP contribution in [0.5, 0.6) is 0 Å². The van der Waals surface area contributed by atoms with E-state index < -0.39 is 0 Å². The van der Waals surface area contributed by atoms with Gasteiger partial charge in [-0.25, -0.2) is 0 Å². The molecule has 1 saturated carbocycles.